The van der Waals surface area contributed by atoms with E-state index < -0.39 is 0 Å². The molecule has 0 atom stereocenters. The van der Waals surface area contributed by atoms with Gasteiger partial charge in [0.2, 0.25) is 0 Å². The number of carbonyl (C=O) groups excluding carboxylic acids is 2. The molecule has 0 aromatic heterocycles. The predicted octanol–water partition coefficient (Wildman–Crippen LogP) is 3.97. The van der Waals surface area contributed by atoms with Gasteiger partial charge in [0, 0.05) is 12.8 Å². The maximum Gasteiger partial charge on any atom is 0.313 e. The van der Waals surface area contributed by atoms with Crippen LogP contribution in [0.5, 0.6) is 0 Å². The largest absolute Gasteiger partial charge is 0.431 e. The molecule has 0 rings (SSSR count). The van der Waals surface area contributed by atoms with Crippen molar-refractivity contribution in [2.45, 2.75) is 54.4 Å². The van der Waals surface area contributed by atoms with E-state index in [-0.39, 0.29) is 23.8 Å². The monoisotopic (exact) mass is 282 g/mol. The topological polar surface area (TPSA) is 52.6 Å². The highest BCUT2D eigenvalue weighted by molar-refractivity contribution is 5.73. The summed E-state index contributed by atoms with van der Waals surface area (Å²) < 4.78 is 10.5. The van der Waals surface area contributed by atoms with Crippen molar-refractivity contribution in [3.05, 3.63) is 23.7 Å². The fourth-order valence-electron chi connectivity index (χ4n) is 1.13. The highest BCUT2D eigenvalue weighted by Gasteiger charge is 2.11. The number of allylic oxidation sites excluding steroid dienone is 4. The molecule has 0 unspecified atom stereocenters. The van der Waals surface area contributed by atoms with Gasteiger partial charge in [0.05, 0.1) is 11.8 Å². The Labute approximate surface area is 121 Å². The zero-order valence-corrected chi connectivity index (χ0v) is 13.4. The van der Waals surface area contributed by atoms with Crippen LogP contribution in [0.15, 0.2) is 23.7 Å². The Morgan fingerprint density at radius 3 is 1.30 bits per heavy atom. The molecule has 0 spiro atoms. The number of esters is 2. The lowest BCUT2D eigenvalue weighted by Crippen LogP contribution is -2.12. The van der Waals surface area contributed by atoms with E-state index in [1.807, 2.05) is 13.8 Å². The van der Waals surface area contributed by atoms with Crippen LogP contribution >= 0.6 is 0 Å². The van der Waals surface area contributed by atoms with Crippen LogP contribution in [0.2, 0.25) is 0 Å². The first-order valence-corrected chi connectivity index (χ1v) is 7.14. The van der Waals surface area contributed by atoms with Gasteiger partial charge in [-0.25, -0.2) is 0 Å². The molecule has 0 aliphatic rings. The Balaban J connectivity index is 4.82. The summed E-state index contributed by atoms with van der Waals surface area (Å²) in [6.45, 7) is 10.9. The van der Waals surface area contributed by atoms with Gasteiger partial charge in [-0.2, -0.15) is 0 Å². The Morgan fingerprint density at radius 1 is 0.800 bits per heavy atom. The molecule has 0 radical (unpaired) electrons. The van der Waals surface area contributed by atoms with Gasteiger partial charge in [-0.15, -0.1) is 0 Å². The van der Waals surface area contributed by atoms with Crippen LogP contribution in [0.25, 0.3) is 0 Å². The molecule has 0 saturated heterocycles. The average molecular weight is 282 g/mol. The summed E-state index contributed by atoms with van der Waals surface area (Å²) in [4.78, 5) is 23.0. The Kier molecular flexibility index (Phi) is 8.61. The number of hydrogen-bond acceptors (Lipinski definition) is 4. The van der Waals surface area contributed by atoms with E-state index in [9.17, 15) is 9.59 Å². The van der Waals surface area contributed by atoms with E-state index in [0.717, 1.165) is 0 Å². The molecule has 0 bridgehead atoms. The third-order valence-corrected chi connectivity index (χ3v) is 2.56. The first-order valence-electron chi connectivity index (χ1n) is 7.14. The standard InChI is InChI=1S/C16H26O4/c1-7-13(19-15(17)11(3)4)9-10-14(8-2)20-16(18)12(5)6/h9-12H,7-8H2,1-6H3/b13-9-,14-10-. The highest BCUT2D eigenvalue weighted by Crippen LogP contribution is 2.12. The molecular formula is C16H26O4. The van der Waals surface area contributed by atoms with E-state index in [1.54, 1.807) is 39.8 Å². The van der Waals surface area contributed by atoms with Crippen molar-refractivity contribution in [1.29, 1.82) is 0 Å². The third-order valence-electron chi connectivity index (χ3n) is 2.56. The minimum Gasteiger partial charge on any atom is -0.431 e. The molecule has 0 saturated carbocycles. The third kappa shape index (κ3) is 7.12. The van der Waals surface area contributed by atoms with Crippen molar-refractivity contribution in [3.8, 4) is 0 Å². The van der Waals surface area contributed by atoms with Gasteiger partial charge in [0.25, 0.3) is 0 Å². The molecule has 4 heteroatoms. The average Bonchev–Trinajstić information content (AvgIpc) is 2.40. The summed E-state index contributed by atoms with van der Waals surface area (Å²) in [5, 5.41) is 0. The van der Waals surface area contributed by atoms with Gasteiger partial charge in [0.1, 0.15) is 11.5 Å². The minimum absolute atomic E-state index is 0.168. The van der Waals surface area contributed by atoms with Gasteiger partial charge in [-0.05, 0) is 12.2 Å². The molecule has 0 heterocycles. The lowest BCUT2D eigenvalue weighted by Gasteiger charge is -2.10. The maximum atomic E-state index is 11.5. The molecule has 0 aromatic carbocycles. The predicted molar refractivity (Wildman–Crippen MR) is 78.6 cm³/mol. The fraction of sp³-hybridized carbons (Fsp3) is 0.625. The minimum atomic E-state index is -0.260. The first-order chi connectivity index (χ1) is 9.31. The van der Waals surface area contributed by atoms with Crippen LogP contribution in [0.4, 0.5) is 0 Å². The van der Waals surface area contributed by atoms with Crippen molar-refractivity contribution in [2.75, 3.05) is 0 Å². The zero-order valence-electron chi connectivity index (χ0n) is 13.4. The lowest BCUT2D eigenvalue weighted by molar-refractivity contribution is -0.144. The quantitative estimate of drug-likeness (QED) is 0.403. The number of carbonyl (C=O) groups is 2. The molecule has 0 aliphatic heterocycles. The van der Waals surface area contributed by atoms with Crippen molar-refractivity contribution in [3.63, 3.8) is 0 Å². The van der Waals surface area contributed by atoms with Crippen molar-refractivity contribution >= 4 is 11.9 Å². The first kappa shape index (κ1) is 18.4. The van der Waals surface area contributed by atoms with Crippen molar-refractivity contribution in [2.24, 2.45) is 11.8 Å². The smallest absolute Gasteiger partial charge is 0.313 e. The van der Waals surface area contributed by atoms with Gasteiger partial charge in [0.15, 0.2) is 0 Å². The second-order valence-electron chi connectivity index (χ2n) is 5.12. The second-order valence-corrected chi connectivity index (χ2v) is 5.12. The Hall–Kier alpha value is -1.58. The molecule has 20 heavy (non-hydrogen) atoms. The van der Waals surface area contributed by atoms with Crippen molar-refractivity contribution in [1.82, 2.24) is 0 Å². The summed E-state index contributed by atoms with van der Waals surface area (Å²) in [6.07, 6.45) is 4.58. The lowest BCUT2D eigenvalue weighted by atomic mass is 10.2. The van der Waals surface area contributed by atoms with Gasteiger partial charge in [-0.1, -0.05) is 41.5 Å². The normalized spacial score (nSPS) is 12.8. The van der Waals surface area contributed by atoms with Crippen LogP contribution in [0, 0.1) is 11.8 Å². The van der Waals surface area contributed by atoms with E-state index in [0.29, 0.717) is 24.4 Å². The van der Waals surface area contributed by atoms with Crippen LogP contribution in [0.3, 0.4) is 0 Å². The number of rotatable bonds is 7. The maximum absolute atomic E-state index is 11.5. The molecule has 114 valence electrons. The Morgan fingerprint density at radius 2 is 1.10 bits per heavy atom. The van der Waals surface area contributed by atoms with Crippen molar-refractivity contribution < 1.29 is 19.1 Å². The van der Waals surface area contributed by atoms with Crippen LogP contribution in [0.1, 0.15) is 54.4 Å². The summed E-state index contributed by atoms with van der Waals surface area (Å²) >= 11 is 0. The van der Waals surface area contributed by atoms with E-state index in [4.69, 9.17) is 9.47 Å². The van der Waals surface area contributed by atoms with Crippen LogP contribution in [-0.2, 0) is 19.1 Å². The summed E-state index contributed by atoms with van der Waals surface area (Å²) in [5.41, 5.74) is 0. The molecular weight excluding hydrogens is 256 g/mol. The Bertz CT molecular complexity index is 351. The van der Waals surface area contributed by atoms with Gasteiger partial charge >= 0.3 is 11.9 Å². The molecule has 0 N–H and O–H groups in total. The SMILES string of the molecule is CC/C(=C/C=C(/CC)OC(=O)C(C)C)OC(=O)C(C)C. The van der Waals surface area contributed by atoms with Gasteiger partial charge < -0.3 is 9.47 Å². The highest BCUT2D eigenvalue weighted by atomic mass is 16.5. The van der Waals surface area contributed by atoms with E-state index in [1.165, 1.54) is 0 Å². The molecule has 4 nitrogen and oxygen atoms in total. The molecule has 0 fully saturated rings. The molecule has 0 amide bonds. The molecule has 0 aromatic rings. The fourth-order valence-corrected chi connectivity index (χ4v) is 1.13. The van der Waals surface area contributed by atoms with Crippen LogP contribution < -0.4 is 0 Å². The summed E-state index contributed by atoms with van der Waals surface area (Å²) in [6, 6.07) is 0. The second kappa shape index (κ2) is 9.34. The van der Waals surface area contributed by atoms with E-state index >= 15 is 0 Å². The molecule has 0 aliphatic carbocycles. The summed E-state index contributed by atoms with van der Waals surface area (Å²) in [5.74, 6) is 0.273. The van der Waals surface area contributed by atoms with E-state index in [2.05, 4.69) is 0 Å². The number of hydrogen-bond donors (Lipinski definition) is 0. The van der Waals surface area contributed by atoms with Crippen LogP contribution in [-0.4, -0.2) is 11.9 Å². The van der Waals surface area contributed by atoms with Gasteiger partial charge in [-0.3, -0.25) is 9.59 Å². The number of ether oxygens (including phenoxy) is 2. The summed E-state index contributed by atoms with van der Waals surface area (Å²) in [7, 11) is 0. The zero-order chi connectivity index (χ0) is 15.7.